The molecule has 0 atom stereocenters. The topological polar surface area (TPSA) is 74.8 Å². The van der Waals surface area contributed by atoms with Gasteiger partial charge in [-0.3, -0.25) is 13.9 Å². The lowest BCUT2D eigenvalue weighted by atomic mass is 10.3. The Kier molecular flexibility index (Phi) is 5.48. The van der Waals surface area contributed by atoms with Gasteiger partial charge in [-0.15, -0.1) is 0 Å². The Hall–Kier alpha value is -3.10. The zero-order valence-corrected chi connectivity index (χ0v) is 19.5. The summed E-state index contributed by atoms with van der Waals surface area (Å²) in [6, 6.07) is 15.6. The highest BCUT2D eigenvalue weighted by Crippen LogP contribution is 2.29. The SMILES string of the molecule is CCOCCCn1c(C)nc2c(c1=O)c1nc3ccccc3nc1n2-c1cccc(Br)c1. The summed E-state index contributed by atoms with van der Waals surface area (Å²) in [6.45, 7) is 5.63. The lowest BCUT2D eigenvalue weighted by Crippen LogP contribution is -2.24. The first-order valence-corrected chi connectivity index (χ1v) is 11.4. The molecule has 162 valence electrons. The third-order valence-corrected chi connectivity index (χ3v) is 5.99. The highest BCUT2D eigenvalue weighted by atomic mass is 79.9. The van der Waals surface area contributed by atoms with Gasteiger partial charge in [-0.05, 0) is 50.6 Å². The Morgan fingerprint density at radius 2 is 1.78 bits per heavy atom. The molecule has 5 aromatic rings. The smallest absolute Gasteiger partial charge is 0.265 e. The number of fused-ring (bicyclic) bond motifs is 4. The van der Waals surface area contributed by atoms with Crippen molar-refractivity contribution in [2.24, 2.45) is 0 Å². The molecule has 8 heteroatoms. The molecule has 0 bridgehead atoms. The van der Waals surface area contributed by atoms with Crippen LogP contribution in [0.15, 0.2) is 57.8 Å². The molecular formula is C24H22BrN5O2. The molecule has 0 amide bonds. The fourth-order valence-corrected chi connectivity index (χ4v) is 4.41. The summed E-state index contributed by atoms with van der Waals surface area (Å²) >= 11 is 3.55. The molecule has 0 radical (unpaired) electrons. The van der Waals surface area contributed by atoms with Crippen molar-refractivity contribution >= 4 is 49.2 Å². The van der Waals surface area contributed by atoms with E-state index in [1.807, 2.05) is 66.9 Å². The number of para-hydroxylation sites is 2. The third kappa shape index (κ3) is 3.49. The normalized spacial score (nSPS) is 11.7. The van der Waals surface area contributed by atoms with Gasteiger partial charge in [0.05, 0.1) is 16.7 Å². The van der Waals surface area contributed by atoms with E-state index in [1.165, 1.54) is 0 Å². The van der Waals surface area contributed by atoms with Crippen LogP contribution in [0.1, 0.15) is 19.2 Å². The molecule has 2 aromatic carbocycles. The van der Waals surface area contributed by atoms with Crippen molar-refractivity contribution in [1.29, 1.82) is 0 Å². The monoisotopic (exact) mass is 491 g/mol. The van der Waals surface area contributed by atoms with Crippen LogP contribution >= 0.6 is 15.9 Å². The quantitative estimate of drug-likeness (QED) is 0.319. The first-order valence-electron chi connectivity index (χ1n) is 10.6. The summed E-state index contributed by atoms with van der Waals surface area (Å²) in [5.41, 5.74) is 4.03. The molecule has 0 N–H and O–H groups in total. The first-order chi connectivity index (χ1) is 15.6. The van der Waals surface area contributed by atoms with Crippen LogP contribution in [0, 0.1) is 6.92 Å². The molecule has 0 aliphatic carbocycles. The number of hydrogen-bond donors (Lipinski definition) is 0. The van der Waals surface area contributed by atoms with E-state index in [0.717, 1.165) is 27.6 Å². The summed E-state index contributed by atoms with van der Waals surface area (Å²) < 4.78 is 10.0. The molecule has 0 aliphatic heterocycles. The lowest BCUT2D eigenvalue weighted by Gasteiger charge is -2.11. The minimum Gasteiger partial charge on any atom is -0.382 e. The van der Waals surface area contributed by atoms with E-state index >= 15 is 0 Å². The van der Waals surface area contributed by atoms with Crippen LogP contribution in [0.5, 0.6) is 0 Å². The van der Waals surface area contributed by atoms with Crippen LogP contribution < -0.4 is 5.56 Å². The highest BCUT2D eigenvalue weighted by Gasteiger charge is 2.22. The molecule has 3 aromatic heterocycles. The molecule has 32 heavy (non-hydrogen) atoms. The van der Waals surface area contributed by atoms with Crippen LogP contribution in [-0.4, -0.2) is 37.3 Å². The summed E-state index contributed by atoms with van der Waals surface area (Å²) in [5, 5.41) is 0.486. The van der Waals surface area contributed by atoms with E-state index in [0.29, 0.717) is 47.8 Å². The lowest BCUT2D eigenvalue weighted by molar-refractivity contribution is 0.141. The second-order valence-corrected chi connectivity index (χ2v) is 8.48. The van der Waals surface area contributed by atoms with Gasteiger partial charge in [0, 0.05) is 24.2 Å². The van der Waals surface area contributed by atoms with Crippen LogP contribution in [0.2, 0.25) is 0 Å². The van der Waals surface area contributed by atoms with E-state index in [9.17, 15) is 4.79 Å². The average Bonchev–Trinajstić information content (AvgIpc) is 3.09. The molecule has 0 spiro atoms. The number of halogens is 1. The Morgan fingerprint density at radius 1 is 1.00 bits per heavy atom. The summed E-state index contributed by atoms with van der Waals surface area (Å²) in [4.78, 5) is 28.3. The van der Waals surface area contributed by atoms with Crippen molar-refractivity contribution in [3.05, 3.63) is 69.2 Å². The number of aryl methyl sites for hydroxylation is 1. The minimum atomic E-state index is -0.104. The number of ether oxygens (including phenoxy) is 1. The Balaban J connectivity index is 1.85. The molecule has 0 fully saturated rings. The van der Waals surface area contributed by atoms with Crippen LogP contribution in [0.3, 0.4) is 0 Å². The van der Waals surface area contributed by atoms with Gasteiger partial charge in [0.2, 0.25) is 0 Å². The predicted octanol–water partition coefficient (Wildman–Crippen LogP) is 4.78. The Labute approximate surface area is 192 Å². The maximum atomic E-state index is 13.7. The molecule has 3 heterocycles. The van der Waals surface area contributed by atoms with Gasteiger partial charge >= 0.3 is 0 Å². The van der Waals surface area contributed by atoms with E-state index in [2.05, 4.69) is 15.9 Å². The molecule has 0 unspecified atom stereocenters. The van der Waals surface area contributed by atoms with Crippen molar-refractivity contribution in [2.75, 3.05) is 13.2 Å². The third-order valence-electron chi connectivity index (χ3n) is 5.49. The van der Waals surface area contributed by atoms with Gasteiger partial charge in [0.15, 0.2) is 11.3 Å². The van der Waals surface area contributed by atoms with Gasteiger partial charge in [0.25, 0.3) is 5.56 Å². The fraction of sp³-hybridized carbons (Fsp3) is 0.250. The maximum Gasteiger partial charge on any atom is 0.265 e. The molecule has 0 aliphatic rings. The maximum absolute atomic E-state index is 13.7. The number of rotatable bonds is 6. The van der Waals surface area contributed by atoms with Gasteiger partial charge in [-0.1, -0.05) is 34.1 Å². The van der Waals surface area contributed by atoms with E-state index in [1.54, 1.807) is 4.57 Å². The molecule has 0 saturated heterocycles. The van der Waals surface area contributed by atoms with Crippen molar-refractivity contribution in [2.45, 2.75) is 26.8 Å². The molecular weight excluding hydrogens is 470 g/mol. The van der Waals surface area contributed by atoms with Crippen molar-refractivity contribution in [3.63, 3.8) is 0 Å². The predicted molar refractivity (Wildman–Crippen MR) is 129 cm³/mol. The number of benzene rings is 2. The number of aromatic nitrogens is 5. The van der Waals surface area contributed by atoms with E-state index < -0.39 is 0 Å². The Morgan fingerprint density at radius 3 is 2.53 bits per heavy atom. The van der Waals surface area contributed by atoms with Crippen molar-refractivity contribution in [3.8, 4) is 5.69 Å². The molecule has 7 nitrogen and oxygen atoms in total. The van der Waals surface area contributed by atoms with Crippen LogP contribution in [-0.2, 0) is 11.3 Å². The number of nitrogens with zero attached hydrogens (tertiary/aromatic N) is 5. The van der Waals surface area contributed by atoms with Gasteiger partial charge < -0.3 is 4.74 Å². The number of hydrogen-bond acceptors (Lipinski definition) is 5. The van der Waals surface area contributed by atoms with Gasteiger partial charge in [-0.2, -0.15) is 0 Å². The summed E-state index contributed by atoms with van der Waals surface area (Å²) in [6.07, 6.45) is 0.737. The van der Waals surface area contributed by atoms with Crippen LogP contribution in [0.4, 0.5) is 0 Å². The van der Waals surface area contributed by atoms with E-state index in [-0.39, 0.29) is 5.56 Å². The van der Waals surface area contributed by atoms with Gasteiger partial charge in [-0.25, -0.2) is 15.0 Å². The van der Waals surface area contributed by atoms with E-state index in [4.69, 9.17) is 19.7 Å². The zero-order chi connectivity index (χ0) is 22.2. The fourth-order valence-electron chi connectivity index (χ4n) is 4.02. The first kappa shape index (κ1) is 20.8. The minimum absolute atomic E-state index is 0.104. The standard InChI is InChI=1S/C24H22BrN5O2/c1-3-32-13-7-12-29-15(2)26-22-20(24(29)31)21-23(28-19-11-5-4-10-18(19)27-21)30(22)17-9-6-8-16(25)14-17/h4-6,8-11,14H,3,7,12-13H2,1-2H3. The van der Waals surface area contributed by atoms with Crippen molar-refractivity contribution < 1.29 is 4.74 Å². The second kappa shape index (κ2) is 8.44. The largest absolute Gasteiger partial charge is 0.382 e. The van der Waals surface area contributed by atoms with Crippen molar-refractivity contribution in [1.82, 2.24) is 24.1 Å². The Bertz CT molecular complexity index is 1520. The second-order valence-electron chi connectivity index (χ2n) is 7.56. The zero-order valence-electron chi connectivity index (χ0n) is 17.9. The van der Waals surface area contributed by atoms with Crippen LogP contribution in [0.25, 0.3) is 38.9 Å². The average molecular weight is 492 g/mol. The molecule has 5 rings (SSSR count). The summed E-state index contributed by atoms with van der Waals surface area (Å²) in [7, 11) is 0. The molecule has 0 saturated carbocycles. The van der Waals surface area contributed by atoms with Gasteiger partial charge in [0.1, 0.15) is 16.7 Å². The summed E-state index contributed by atoms with van der Waals surface area (Å²) in [5.74, 6) is 0.655. The highest BCUT2D eigenvalue weighted by molar-refractivity contribution is 9.10.